The third kappa shape index (κ3) is 4.80. The molecule has 1 heterocycles. The normalized spacial score (nSPS) is 12.9. The zero-order chi connectivity index (χ0) is 11.8. The second kappa shape index (κ2) is 8.03. The summed E-state index contributed by atoms with van der Waals surface area (Å²) in [7, 11) is 3.63. The molecule has 3 nitrogen and oxygen atoms in total. The van der Waals surface area contributed by atoms with E-state index in [1.54, 1.807) is 18.4 Å². The molecule has 0 radical (unpaired) electrons. The lowest BCUT2D eigenvalue weighted by Gasteiger charge is -2.14. The Labute approximate surface area is 106 Å². The summed E-state index contributed by atoms with van der Waals surface area (Å²) in [6.07, 6.45) is 0.942. The van der Waals surface area contributed by atoms with Gasteiger partial charge in [0.1, 0.15) is 0 Å². The van der Waals surface area contributed by atoms with Gasteiger partial charge in [0.25, 0.3) is 0 Å². The van der Waals surface area contributed by atoms with Gasteiger partial charge < -0.3 is 14.8 Å². The number of ether oxygens (including phenoxy) is 2. The third-order valence-electron chi connectivity index (χ3n) is 2.27. The van der Waals surface area contributed by atoms with E-state index in [9.17, 15) is 0 Å². The minimum atomic E-state index is 0.319. The highest BCUT2D eigenvalue weighted by Crippen LogP contribution is 2.28. The molecule has 92 valence electrons. The molecule has 1 N–H and O–H groups in total. The lowest BCUT2D eigenvalue weighted by molar-refractivity contribution is 0.0662. The van der Waals surface area contributed by atoms with Crippen LogP contribution in [0.1, 0.15) is 17.3 Å². The first kappa shape index (κ1) is 13.9. The summed E-state index contributed by atoms with van der Waals surface area (Å²) in [6, 6.07) is 4.31. The van der Waals surface area contributed by atoms with Gasteiger partial charge >= 0.3 is 0 Å². The van der Waals surface area contributed by atoms with Crippen molar-refractivity contribution in [3.8, 4) is 0 Å². The van der Waals surface area contributed by atoms with Crippen LogP contribution in [0.4, 0.5) is 0 Å². The van der Waals surface area contributed by atoms with Crippen LogP contribution in [0.3, 0.4) is 0 Å². The van der Waals surface area contributed by atoms with Crippen LogP contribution in [-0.2, 0) is 9.47 Å². The fraction of sp³-hybridized carbons (Fsp3) is 0.636. The SMILES string of the molecule is CNC(CCOCCOC)c1ccc(Cl)s1. The molecular weight excluding hydrogens is 246 g/mol. The van der Waals surface area contributed by atoms with Gasteiger partial charge in [-0.05, 0) is 25.6 Å². The smallest absolute Gasteiger partial charge is 0.0931 e. The molecule has 0 aliphatic heterocycles. The molecule has 0 aliphatic carbocycles. The van der Waals surface area contributed by atoms with Gasteiger partial charge in [0, 0.05) is 24.6 Å². The van der Waals surface area contributed by atoms with Gasteiger partial charge in [-0.2, -0.15) is 0 Å². The van der Waals surface area contributed by atoms with E-state index in [4.69, 9.17) is 21.1 Å². The van der Waals surface area contributed by atoms with Gasteiger partial charge in [0.2, 0.25) is 0 Å². The second-order valence-corrected chi connectivity index (χ2v) is 5.12. The van der Waals surface area contributed by atoms with Crippen LogP contribution in [-0.4, -0.2) is 34.0 Å². The van der Waals surface area contributed by atoms with Gasteiger partial charge in [-0.15, -0.1) is 11.3 Å². The topological polar surface area (TPSA) is 30.5 Å². The summed E-state index contributed by atoms with van der Waals surface area (Å²) in [5, 5.41) is 3.26. The molecule has 1 unspecified atom stereocenters. The number of thiophene rings is 1. The summed E-state index contributed by atoms with van der Waals surface area (Å²) in [5.74, 6) is 0. The van der Waals surface area contributed by atoms with Crippen molar-refractivity contribution in [2.24, 2.45) is 0 Å². The maximum absolute atomic E-state index is 5.91. The van der Waals surface area contributed by atoms with Crippen molar-refractivity contribution in [2.75, 3.05) is 34.0 Å². The van der Waals surface area contributed by atoms with Crippen molar-refractivity contribution in [1.82, 2.24) is 5.32 Å². The van der Waals surface area contributed by atoms with Crippen molar-refractivity contribution in [1.29, 1.82) is 0 Å². The minimum Gasteiger partial charge on any atom is -0.382 e. The Hall–Kier alpha value is -0.130. The third-order valence-corrected chi connectivity index (χ3v) is 3.61. The van der Waals surface area contributed by atoms with Crippen LogP contribution in [0.5, 0.6) is 0 Å². The zero-order valence-corrected chi connectivity index (χ0v) is 11.2. The van der Waals surface area contributed by atoms with Crippen LogP contribution < -0.4 is 5.32 Å². The Morgan fingerprint density at radius 3 is 2.75 bits per heavy atom. The van der Waals surface area contributed by atoms with E-state index in [-0.39, 0.29) is 0 Å². The van der Waals surface area contributed by atoms with E-state index in [2.05, 4.69) is 11.4 Å². The minimum absolute atomic E-state index is 0.319. The lowest BCUT2D eigenvalue weighted by Crippen LogP contribution is -2.17. The van der Waals surface area contributed by atoms with Crippen molar-refractivity contribution < 1.29 is 9.47 Å². The molecule has 1 atom stereocenters. The number of nitrogens with one attached hydrogen (secondary N) is 1. The summed E-state index contributed by atoms with van der Waals surface area (Å²) in [4.78, 5) is 1.25. The van der Waals surface area contributed by atoms with Crippen LogP contribution >= 0.6 is 22.9 Å². The lowest BCUT2D eigenvalue weighted by atomic mass is 10.2. The first-order valence-electron chi connectivity index (χ1n) is 5.27. The van der Waals surface area contributed by atoms with Crippen LogP contribution in [0.2, 0.25) is 4.34 Å². The van der Waals surface area contributed by atoms with E-state index in [0.29, 0.717) is 19.3 Å². The van der Waals surface area contributed by atoms with Crippen molar-refractivity contribution in [2.45, 2.75) is 12.5 Å². The van der Waals surface area contributed by atoms with E-state index in [1.165, 1.54) is 4.88 Å². The molecule has 0 amide bonds. The fourth-order valence-corrected chi connectivity index (χ4v) is 2.60. The highest BCUT2D eigenvalue weighted by molar-refractivity contribution is 7.16. The summed E-state index contributed by atoms with van der Waals surface area (Å²) >= 11 is 7.52. The van der Waals surface area contributed by atoms with Gasteiger partial charge in [-0.1, -0.05) is 11.6 Å². The molecule has 5 heteroatoms. The molecule has 1 aromatic heterocycles. The summed E-state index contributed by atoms with van der Waals surface area (Å²) in [6.45, 7) is 2.03. The molecule has 16 heavy (non-hydrogen) atoms. The molecule has 0 aromatic carbocycles. The molecule has 0 saturated carbocycles. The standard InChI is InChI=1S/C11H18ClNO2S/c1-13-9(5-6-15-8-7-14-2)10-3-4-11(12)16-10/h3-4,9,13H,5-8H2,1-2H3. The summed E-state index contributed by atoms with van der Waals surface area (Å²) in [5.41, 5.74) is 0. The van der Waals surface area contributed by atoms with Crippen LogP contribution in [0.15, 0.2) is 12.1 Å². The van der Waals surface area contributed by atoms with Gasteiger partial charge in [0.15, 0.2) is 0 Å². The largest absolute Gasteiger partial charge is 0.382 e. The average Bonchev–Trinajstić information content (AvgIpc) is 2.70. The Bertz CT molecular complexity index is 293. The number of halogens is 1. The van der Waals surface area contributed by atoms with Crippen LogP contribution in [0, 0.1) is 0 Å². The van der Waals surface area contributed by atoms with Crippen molar-refractivity contribution in [3.63, 3.8) is 0 Å². The molecule has 0 spiro atoms. The molecule has 0 bridgehead atoms. The van der Waals surface area contributed by atoms with Gasteiger partial charge in [0.05, 0.1) is 17.6 Å². The van der Waals surface area contributed by atoms with E-state index in [0.717, 1.165) is 17.4 Å². The molecule has 1 aromatic rings. The number of methoxy groups -OCH3 is 1. The van der Waals surface area contributed by atoms with Gasteiger partial charge in [-0.25, -0.2) is 0 Å². The fourth-order valence-electron chi connectivity index (χ4n) is 1.39. The quantitative estimate of drug-likeness (QED) is 0.732. The van der Waals surface area contributed by atoms with E-state index < -0.39 is 0 Å². The first-order valence-corrected chi connectivity index (χ1v) is 6.46. The molecular formula is C11H18ClNO2S. The van der Waals surface area contributed by atoms with Crippen molar-refractivity contribution >= 4 is 22.9 Å². The highest BCUT2D eigenvalue weighted by Gasteiger charge is 2.11. The molecule has 0 aliphatic rings. The molecule has 0 fully saturated rings. The monoisotopic (exact) mass is 263 g/mol. The maximum atomic E-state index is 5.91. The van der Waals surface area contributed by atoms with Crippen molar-refractivity contribution in [3.05, 3.63) is 21.3 Å². The first-order chi connectivity index (χ1) is 7.77. The van der Waals surface area contributed by atoms with Gasteiger partial charge in [-0.3, -0.25) is 0 Å². The zero-order valence-electron chi connectivity index (χ0n) is 9.66. The number of hydrogen-bond acceptors (Lipinski definition) is 4. The number of hydrogen-bond donors (Lipinski definition) is 1. The van der Waals surface area contributed by atoms with E-state index in [1.807, 2.05) is 13.1 Å². The predicted octanol–water partition coefficient (Wildman–Crippen LogP) is 2.72. The van der Waals surface area contributed by atoms with E-state index >= 15 is 0 Å². The van der Waals surface area contributed by atoms with Crippen LogP contribution in [0.25, 0.3) is 0 Å². The Morgan fingerprint density at radius 1 is 1.38 bits per heavy atom. The molecule has 0 saturated heterocycles. The Balaban J connectivity index is 2.27. The second-order valence-electron chi connectivity index (χ2n) is 3.38. The highest BCUT2D eigenvalue weighted by atomic mass is 35.5. The number of rotatable bonds is 8. The Kier molecular flexibility index (Phi) is 7.00. The maximum Gasteiger partial charge on any atom is 0.0931 e. The Morgan fingerprint density at radius 2 is 2.19 bits per heavy atom. The predicted molar refractivity (Wildman–Crippen MR) is 68.4 cm³/mol. The average molecular weight is 264 g/mol. The summed E-state index contributed by atoms with van der Waals surface area (Å²) < 4.78 is 11.2. The molecule has 1 rings (SSSR count).